The molecular weight excluding hydrogens is 390 g/mol. The summed E-state index contributed by atoms with van der Waals surface area (Å²) < 4.78 is 17.3. The van der Waals surface area contributed by atoms with Crippen LogP contribution in [0.3, 0.4) is 0 Å². The summed E-state index contributed by atoms with van der Waals surface area (Å²) in [6, 6.07) is 11.0. The number of anilines is 1. The molecule has 6 nitrogen and oxygen atoms in total. The van der Waals surface area contributed by atoms with Crippen molar-refractivity contribution in [3.8, 4) is 11.5 Å². The lowest BCUT2D eigenvalue weighted by molar-refractivity contribution is -0.118. The van der Waals surface area contributed by atoms with E-state index in [1.165, 1.54) is 20.3 Å². The summed E-state index contributed by atoms with van der Waals surface area (Å²) in [5.41, 5.74) is 1.46. The Morgan fingerprint density at radius 3 is 2.45 bits per heavy atom. The molecule has 1 N–H and O–H groups in total. The predicted octanol–water partition coefficient (Wildman–Crippen LogP) is 4.87. The van der Waals surface area contributed by atoms with Crippen LogP contribution in [0.4, 0.5) is 5.69 Å². The van der Waals surface area contributed by atoms with Crippen LogP contribution in [0.2, 0.25) is 0 Å². The molecule has 0 atom stereocenters. The molecule has 0 radical (unpaired) electrons. The Hall–Kier alpha value is -3.06. The predicted molar refractivity (Wildman–Crippen MR) is 114 cm³/mol. The van der Waals surface area contributed by atoms with Crippen LogP contribution in [0.25, 0.3) is 10.1 Å². The van der Waals surface area contributed by atoms with Crippen LogP contribution in [0.5, 0.6) is 11.5 Å². The molecule has 3 aromatic rings. The molecule has 0 aliphatic carbocycles. The van der Waals surface area contributed by atoms with E-state index >= 15 is 0 Å². The number of hydrogen-bond acceptors (Lipinski definition) is 6. The van der Waals surface area contributed by atoms with Crippen molar-refractivity contribution in [2.75, 3.05) is 19.5 Å². The summed E-state index contributed by atoms with van der Waals surface area (Å²) in [4.78, 5) is 25.0. The van der Waals surface area contributed by atoms with Gasteiger partial charge in [0.05, 0.1) is 25.5 Å². The molecule has 29 heavy (non-hydrogen) atoms. The second-order valence-corrected chi connectivity index (χ2v) is 7.64. The summed E-state index contributed by atoms with van der Waals surface area (Å²) >= 11 is 1.60. The Kier molecular flexibility index (Phi) is 6.39. The molecule has 152 valence electrons. The molecule has 3 rings (SSSR count). The van der Waals surface area contributed by atoms with E-state index in [2.05, 4.69) is 5.32 Å². The first kappa shape index (κ1) is 20.7. The van der Waals surface area contributed by atoms with Crippen LogP contribution in [0.15, 0.2) is 41.8 Å². The molecule has 2 aromatic carbocycles. The zero-order valence-electron chi connectivity index (χ0n) is 16.8. The summed E-state index contributed by atoms with van der Waals surface area (Å²) in [5.74, 6) is -0.227. The number of carbonyl (C=O) groups is 2. The number of methoxy groups -OCH3 is 2. The van der Waals surface area contributed by atoms with Crippen molar-refractivity contribution in [3.05, 3.63) is 52.9 Å². The molecule has 0 unspecified atom stereocenters. The largest absolute Gasteiger partial charge is 0.493 e. The maximum Gasteiger partial charge on any atom is 0.340 e. The average Bonchev–Trinajstić information content (AvgIpc) is 3.14. The van der Waals surface area contributed by atoms with Crippen LogP contribution in [-0.4, -0.2) is 26.1 Å². The standard InChI is InChI=1S/C22H23NO5S/c1-13(2)21(24)23-17-10-19(27-4)18(26-3)9-16(17)22(25)28-11-14-12-29-20-8-6-5-7-15(14)20/h5-10,12-13H,11H2,1-4H3,(H,23,24). The molecule has 0 fully saturated rings. The van der Waals surface area contributed by atoms with Crippen LogP contribution in [-0.2, 0) is 16.1 Å². The molecule has 0 spiro atoms. The number of fused-ring (bicyclic) bond motifs is 1. The Morgan fingerprint density at radius 1 is 1.07 bits per heavy atom. The van der Waals surface area contributed by atoms with Gasteiger partial charge in [0.15, 0.2) is 11.5 Å². The quantitative estimate of drug-likeness (QED) is 0.560. The van der Waals surface area contributed by atoms with E-state index in [0.717, 1.165) is 15.6 Å². The molecule has 7 heteroatoms. The summed E-state index contributed by atoms with van der Waals surface area (Å²) in [7, 11) is 2.97. The lowest BCUT2D eigenvalue weighted by Crippen LogP contribution is -2.20. The van der Waals surface area contributed by atoms with E-state index in [4.69, 9.17) is 14.2 Å². The van der Waals surface area contributed by atoms with Gasteiger partial charge in [-0.3, -0.25) is 4.79 Å². The fourth-order valence-corrected chi connectivity index (χ4v) is 3.74. The van der Waals surface area contributed by atoms with Gasteiger partial charge >= 0.3 is 5.97 Å². The van der Waals surface area contributed by atoms with Crippen LogP contribution < -0.4 is 14.8 Å². The summed E-state index contributed by atoms with van der Waals surface area (Å²) in [6.07, 6.45) is 0. The molecular formula is C22H23NO5S. The maximum atomic E-state index is 12.8. The highest BCUT2D eigenvalue weighted by Crippen LogP contribution is 2.34. The number of benzene rings is 2. The van der Waals surface area contributed by atoms with Crippen molar-refractivity contribution >= 4 is 39.0 Å². The van der Waals surface area contributed by atoms with Crippen molar-refractivity contribution < 1.29 is 23.8 Å². The first-order valence-electron chi connectivity index (χ1n) is 9.13. The summed E-state index contributed by atoms with van der Waals surface area (Å²) in [6.45, 7) is 3.68. The van der Waals surface area contributed by atoms with Crippen LogP contribution in [0, 0.1) is 5.92 Å². The van der Waals surface area contributed by atoms with Gasteiger partial charge < -0.3 is 19.5 Å². The molecule has 0 aliphatic heterocycles. The van der Waals surface area contributed by atoms with Gasteiger partial charge in [-0.15, -0.1) is 11.3 Å². The molecule has 1 aromatic heterocycles. The Balaban J connectivity index is 1.88. The third-order valence-electron chi connectivity index (χ3n) is 4.45. The number of rotatable bonds is 7. The molecule has 0 saturated heterocycles. The van der Waals surface area contributed by atoms with Gasteiger partial charge in [0.1, 0.15) is 6.61 Å². The number of ether oxygens (including phenoxy) is 3. The van der Waals surface area contributed by atoms with Gasteiger partial charge in [0.2, 0.25) is 5.91 Å². The van der Waals surface area contributed by atoms with Gasteiger partial charge in [0.25, 0.3) is 0 Å². The first-order valence-corrected chi connectivity index (χ1v) is 10.0. The Morgan fingerprint density at radius 2 is 1.76 bits per heavy atom. The third-order valence-corrected chi connectivity index (χ3v) is 5.46. The van der Waals surface area contributed by atoms with E-state index in [-0.39, 0.29) is 24.0 Å². The Bertz CT molecular complexity index is 1040. The van der Waals surface area contributed by atoms with Gasteiger partial charge in [-0.25, -0.2) is 4.79 Å². The van der Waals surface area contributed by atoms with Gasteiger partial charge in [-0.05, 0) is 16.8 Å². The Labute approximate surface area is 173 Å². The average molecular weight is 413 g/mol. The number of thiophene rings is 1. The molecule has 1 heterocycles. The third kappa shape index (κ3) is 4.51. The minimum atomic E-state index is -0.555. The van der Waals surface area contributed by atoms with E-state index in [1.807, 2.05) is 29.6 Å². The SMILES string of the molecule is COc1cc(NC(=O)C(C)C)c(C(=O)OCc2csc3ccccc23)cc1OC. The highest BCUT2D eigenvalue weighted by Gasteiger charge is 2.21. The minimum Gasteiger partial charge on any atom is -0.493 e. The van der Waals surface area contributed by atoms with Crippen molar-refractivity contribution in [3.63, 3.8) is 0 Å². The van der Waals surface area contributed by atoms with Gasteiger partial charge in [-0.2, -0.15) is 0 Å². The molecule has 0 bridgehead atoms. The van der Waals surface area contributed by atoms with Crippen molar-refractivity contribution in [1.82, 2.24) is 0 Å². The molecule has 0 aliphatic rings. The smallest absolute Gasteiger partial charge is 0.340 e. The number of nitrogens with one attached hydrogen (secondary N) is 1. The van der Waals surface area contributed by atoms with Crippen molar-refractivity contribution in [2.45, 2.75) is 20.5 Å². The fourth-order valence-electron chi connectivity index (χ4n) is 2.79. The molecule has 1 amide bonds. The zero-order chi connectivity index (χ0) is 21.0. The van der Waals surface area contributed by atoms with Crippen molar-refractivity contribution in [1.29, 1.82) is 0 Å². The van der Waals surface area contributed by atoms with E-state index in [9.17, 15) is 9.59 Å². The maximum absolute atomic E-state index is 12.8. The van der Waals surface area contributed by atoms with Gasteiger partial charge in [0, 0.05) is 28.3 Å². The van der Waals surface area contributed by atoms with E-state index in [0.29, 0.717) is 17.2 Å². The van der Waals surface area contributed by atoms with Crippen molar-refractivity contribution in [2.24, 2.45) is 5.92 Å². The molecule has 0 saturated carbocycles. The number of esters is 1. The van der Waals surface area contributed by atoms with Gasteiger partial charge in [-0.1, -0.05) is 32.0 Å². The second-order valence-electron chi connectivity index (χ2n) is 6.73. The minimum absolute atomic E-state index is 0.134. The van der Waals surface area contributed by atoms with E-state index < -0.39 is 5.97 Å². The lowest BCUT2D eigenvalue weighted by Gasteiger charge is -2.16. The first-order chi connectivity index (χ1) is 13.9. The highest BCUT2D eigenvalue weighted by atomic mass is 32.1. The fraction of sp³-hybridized carbons (Fsp3) is 0.273. The number of carbonyl (C=O) groups excluding carboxylic acids is 2. The van der Waals surface area contributed by atoms with Crippen LogP contribution in [0.1, 0.15) is 29.8 Å². The van der Waals surface area contributed by atoms with Crippen LogP contribution >= 0.6 is 11.3 Å². The number of amides is 1. The topological polar surface area (TPSA) is 73.9 Å². The normalized spacial score (nSPS) is 10.8. The van der Waals surface area contributed by atoms with E-state index in [1.54, 1.807) is 31.3 Å². The number of hydrogen-bond donors (Lipinski definition) is 1. The lowest BCUT2D eigenvalue weighted by atomic mass is 10.1. The second kappa shape index (κ2) is 8.96. The monoisotopic (exact) mass is 413 g/mol. The zero-order valence-corrected chi connectivity index (χ0v) is 17.6. The summed E-state index contributed by atoms with van der Waals surface area (Å²) in [5, 5.41) is 5.81. The highest BCUT2D eigenvalue weighted by molar-refractivity contribution is 7.17.